The minimum atomic E-state index is -0.0356. The van der Waals surface area contributed by atoms with Gasteiger partial charge in [0.2, 0.25) is 0 Å². The van der Waals surface area contributed by atoms with Gasteiger partial charge in [0.25, 0.3) is 0 Å². The summed E-state index contributed by atoms with van der Waals surface area (Å²) in [6.45, 7) is 0.792. The Morgan fingerprint density at radius 3 is 2.70 bits per heavy atom. The van der Waals surface area contributed by atoms with Crippen LogP contribution in [0.25, 0.3) is 0 Å². The van der Waals surface area contributed by atoms with Crippen molar-refractivity contribution in [3.05, 3.63) is 41.1 Å². The molecule has 20 heavy (non-hydrogen) atoms. The molecule has 2 nitrogen and oxygen atoms in total. The van der Waals surface area contributed by atoms with Gasteiger partial charge < -0.3 is 9.85 Å². The van der Waals surface area contributed by atoms with Crippen LogP contribution >= 0.6 is 24.0 Å². The molecule has 1 saturated heterocycles. The quantitative estimate of drug-likeness (QED) is 0.250. The number of benzene rings is 1. The van der Waals surface area contributed by atoms with Gasteiger partial charge in [-0.3, -0.25) is 0 Å². The fourth-order valence-electron chi connectivity index (χ4n) is 2.79. The van der Waals surface area contributed by atoms with Gasteiger partial charge in [-0.15, -0.1) is 24.0 Å². The van der Waals surface area contributed by atoms with Gasteiger partial charge in [0.1, 0.15) is 0 Å². The Morgan fingerprint density at radius 1 is 1.25 bits per heavy atom. The highest BCUT2D eigenvalue weighted by atomic mass is 127. The summed E-state index contributed by atoms with van der Waals surface area (Å²) in [6.07, 6.45) is 6.35. The highest BCUT2D eigenvalue weighted by molar-refractivity contribution is 14.0. The van der Waals surface area contributed by atoms with Crippen LogP contribution in [0.5, 0.6) is 0 Å². The molecule has 1 aliphatic rings. The number of nitrogens with zero attached hydrogens (tertiary/aromatic N) is 1. The number of rotatable bonds is 3. The predicted molar refractivity (Wildman–Crippen MR) is 94.6 cm³/mol. The van der Waals surface area contributed by atoms with Gasteiger partial charge in [-0.1, -0.05) is 30.0 Å². The minimum absolute atomic E-state index is 0. The Balaban J connectivity index is 0.00000200. The normalized spacial score (nSPS) is 25.2. The molecular weight excluding hydrogens is 361 g/mol. The number of piperidine rings is 1. The first-order valence-electron chi connectivity index (χ1n) is 7.28. The Kier molecular flexibility index (Phi) is 7.57. The molecule has 0 radical (unpaired) electrons. The number of quaternary nitrogens is 1. The van der Waals surface area contributed by atoms with E-state index >= 15 is 0 Å². The van der Waals surface area contributed by atoms with Crippen LogP contribution in [0.1, 0.15) is 44.1 Å². The van der Waals surface area contributed by atoms with Crippen LogP contribution < -0.4 is 0 Å². The number of likely N-dealkylation sites (tertiary alicyclic amines) is 1. The van der Waals surface area contributed by atoms with Gasteiger partial charge in [0.15, 0.2) is 0 Å². The fourth-order valence-corrected chi connectivity index (χ4v) is 2.79. The average Bonchev–Trinajstić information content (AvgIpc) is 2.41. The largest absolute Gasteiger partial charge is 0.633 e. The van der Waals surface area contributed by atoms with Crippen molar-refractivity contribution in [2.24, 2.45) is 0 Å². The third-order valence-corrected chi connectivity index (χ3v) is 4.01. The van der Waals surface area contributed by atoms with Crippen molar-refractivity contribution < 1.29 is 4.65 Å². The molecule has 0 aromatic heterocycles. The summed E-state index contributed by atoms with van der Waals surface area (Å²) in [5.41, 5.74) is 1.07. The van der Waals surface area contributed by atoms with Crippen molar-refractivity contribution in [3.8, 4) is 11.8 Å². The first-order chi connectivity index (χ1) is 9.18. The molecular formula is C17H24INO. The van der Waals surface area contributed by atoms with Crippen molar-refractivity contribution in [2.75, 3.05) is 13.6 Å². The summed E-state index contributed by atoms with van der Waals surface area (Å²) in [4.78, 5) is 0. The van der Waals surface area contributed by atoms with E-state index in [1.807, 2.05) is 37.4 Å². The molecule has 1 aliphatic heterocycles. The van der Waals surface area contributed by atoms with E-state index in [1.54, 1.807) is 0 Å². The molecule has 110 valence electrons. The standard InChI is InChI=1S/C17H23NO.HI/c1-18(19)15-9-8-14-17(18)13-7-3-6-12-16-10-4-2-5-11-16;/h2,4-5,10-11,17H,3,7-9,13-15H2,1H3;1H. The fraction of sp³-hybridized carbons (Fsp3) is 0.529. The van der Waals surface area contributed by atoms with Crippen molar-refractivity contribution in [1.82, 2.24) is 0 Å². The maximum atomic E-state index is 12.2. The summed E-state index contributed by atoms with van der Waals surface area (Å²) in [5.74, 6) is 6.38. The van der Waals surface area contributed by atoms with E-state index in [9.17, 15) is 5.21 Å². The predicted octanol–water partition coefficient (Wildman–Crippen LogP) is 4.32. The third-order valence-electron chi connectivity index (χ3n) is 4.01. The van der Waals surface area contributed by atoms with Crippen LogP contribution in [0.2, 0.25) is 0 Å². The highest BCUT2D eigenvalue weighted by Gasteiger charge is 2.27. The van der Waals surface area contributed by atoms with Crippen LogP contribution in [-0.2, 0) is 0 Å². The monoisotopic (exact) mass is 385 g/mol. The first kappa shape index (κ1) is 17.5. The summed E-state index contributed by atoms with van der Waals surface area (Å²) in [7, 11) is 1.83. The molecule has 0 spiro atoms. The third kappa shape index (κ3) is 5.43. The zero-order valence-corrected chi connectivity index (χ0v) is 14.5. The molecule has 2 rings (SSSR count). The number of hydrogen-bond acceptors (Lipinski definition) is 1. The van der Waals surface area contributed by atoms with Crippen molar-refractivity contribution in [1.29, 1.82) is 0 Å². The van der Waals surface area contributed by atoms with E-state index in [-0.39, 0.29) is 28.6 Å². The molecule has 2 unspecified atom stereocenters. The molecule has 0 bridgehead atoms. The number of halogens is 1. The molecule has 1 heterocycles. The van der Waals surface area contributed by atoms with Crippen LogP contribution in [0.15, 0.2) is 30.3 Å². The van der Waals surface area contributed by atoms with E-state index < -0.39 is 0 Å². The molecule has 0 N–H and O–H groups in total. The Labute approximate surface area is 139 Å². The van der Waals surface area contributed by atoms with Gasteiger partial charge in [-0.25, -0.2) is 0 Å². The highest BCUT2D eigenvalue weighted by Crippen LogP contribution is 2.25. The lowest BCUT2D eigenvalue weighted by atomic mass is 9.97. The lowest BCUT2D eigenvalue weighted by Gasteiger charge is -2.48. The number of hydrogen-bond donors (Lipinski definition) is 0. The maximum Gasteiger partial charge on any atom is 0.0885 e. The SMILES string of the molecule is C[N+]1([O-])CCCCC1CCCC#Cc1ccccc1.I. The second kappa shape index (κ2) is 8.66. The van der Waals surface area contributed by atoms with Gasteiger partial charge in [0, 0.05) is 18.4 Å². The van der Waals surface area contributed by atoms with Crippen LogP contribution in [-0.4, -0.2) is 24.3 Å². The van der Waals surface area contributed by atoms with Crippen LogP contribution in [0.3, 0.4) is 0 Å². The Hall–Kier alpha value is -0.570. The zero-order valence-electron chi connectivity index (χ0n) is 12.2. The lowest BCUT2D eigenvalue weighted by molar-refractivity contribution is -0.892. The molecule has 0 saturated carbocycles. The lowest BCUT2D eigenvalue weighted by Crippen LogP contribution is -2.50. The van der Waals surface area contributed by atoms with Gasteiger partial charge >= 0.3 is 0 Å². The van der Waals surface area contributed by atoms with Crippen LogP contribution in [0.4, 0.5) is 0 Å². The first-order valence-corrected chi connectivity index (χ1v) is 7.28. The molecule has 1 aromatic carbocycles. The van der Waals surface area contributed by atoms with Gasteiger partial charge in [-0.05, 0) is 37.8 Å². The van der Waals surface area contributed by atoms with Gasteiger partial charge in [-0.2, -0.15) is 0 Å². The van der Waals surface area contributed by atoms with E-state index in [1.165, 1.54) is 6.42 Å². The van der Waals surface area contributed by atoms with Crippen LogP contribution in [0, 0.1) is 17.0 Å². The second-order valence-electron chi connectivity index (χ2n) is 5.61. The molecule has 3 heteroatoms. The van der Waals surface area contributed by atoms with Crippen molar-refractivity contribution >= 4 is 24.0 Å². The molecule has 1 fully saturated rings. The second-order valence-corrected chi connectivity index (χ2v) is 5.61. The summed E-state index contributed by atoms with van der Waals surface area (Å²) in [5, 5.41) is 12.2. The number of hydroxylamine groups is 3. The van der Waals surface area contributed by atoms with E-state index in [0.29, 0.717) is 6.04 Å². The smallest absolute Gasteiger partial charge is 0.0885 e. The number of unbranched alkanes of at least 4 members (excludes halogenated alkanes) is 1. The average molecular weight is 385 g/mol. The summed E-state index contributed by atoms with van der Waals surface area (Å²) < 4.78 is -0.0356. The molecule has 2 atom stereocenters. The maximum absolute atomic E-state index is 12.2. The molecule has 0 aliphatic carbocycles. The van der Waals surface area contributed by atoms with Crippen molar-refractivity contribution in [2.45, 2.75) is 44.6 Å². The van der Waals surface area contributed by atoms with Gasteiger partial charge in [0.05, 0.1) is 19.6 Å². The van der Waals surface area contributed by atoms with E-state index in [4.69, 9.17) is 0 Å². The zero-order chi connectivity index (χ0) is 13.6. The Bertz CT molecular complexity index is 447. The summed E-state index contributed by atoms with van der Waals surface area (Å²) in [6, 6.07) is 10.4. The van der Waals surface area contributed by atoms with Crippen molar-refractivity contribution in [3.63, 3.8) is 0 Å². The van der Waals surface area contributed by atoms with E-state index in [0.717, 1.165) is 44.2 Å². The minimum Gasteiger partial charge on any atom is -0.633 e. The van der Waals surface area contributed by atoms with E-state index in [2.05, 4.69) is 11.8 Å². The molecule has 0 amide bonds. The Morgan fingerprint density at radius 2 is 2.00 bits per heavy atom. The molecule has 1 aromatic rings. The summed E-state index contributed by atoms with van der Waals surface area (Å²) >= 11 is 0. The topological polar surface area (TPSA) is 23.1 Å².